The molecule has 5 heteroatoms. The molecule has 0 atom stereocenters. The summed E-state index contributed by atoms with van der Waals surface area (Å²) in [6.07, 6.45) is 0. The predicted octanol–water partition coefficient (Wildman–Crippen LogP) is 3.70. The summed E-state index contributed by atoms with van der Waals surface area (Å²) in [5.41, 5.74) is 6.83. The number of nitrogens with two attached hydrogens (primary N) is 1. The zero-order valence-electron chi connectivity index (χ0n) is 10.2. The van der Waals surface area contributed by atoms with E-state index < -0.39 is 0 Å². The lowest BCUT2D eigenvalue weighted by Gasteiger charge is -2.12. The van der Waals surface area contributed by atoms with Crippen LogP contribution in [0.1, 0.15) is 5.56 Å². The highest BCUT2D eigenvalue weighted by molar-refractivity contribution is 9.10. The molecule has 2 aromatic rings. The van der Waals surface area contributed by atoms with Crippen molar-refractivity contribution in [3.63, 3.8) is 0 Å². The lowest BCUT2D eigenvalue weighted by molar-refractivity contribution is 0.378. The molecular weight excluding hydrogens is 308 g/mol. The van der Waals surface area contributed by atoms with E-state index in [9.17, 15) is 0 Å². The second-order valence-electron chi connectivity index (χ2n) is 3.77. The van der Waals surface area contributed by atoms with E-state index in [1.165, 1.54) is 7.11 Å². The van der Waals surface area contributed by atoms with Gasteiger partial charge in [0, 0.05) is 11.8 Å². The summed E-state index contributed by atoms with van der Waals surface area (Å²) in [5, 5.41) is 8.85. The van der Waals surface area contributed by atoms with Gasteiger partial charge >= 0.3 is 0 Å². The van der Waals surface area contributed by atoms with Gasteiger partial charge in [-0.25, -0.2) is 0 Å². The fourth-order valence-corrected chi connectivity index (χ4v) is 2.02. The summed E-state index contributed by atoms with van der Waals surface area (Å²) in [6.45, 7) is 0. The van der Waals surface area contributed by atoms with Crippen LogP contribution < -0.4 is 15.2 Å². The van der Waals surface area contributed by atoms with Crippen molar-refractivity contribution in [3.05, 3.63) is 46.4 Å². The Morgan fingerprint density at radius 2 is 1.84 bits per heavy atom. The van der Waals surface area contributed by atoms with Crippen molar-refractivity contribution >= 4 is 21.6 Å². The van der Waals surface area contributed by atoms with Crippen molar-refractivity contribution in [3.8, 4) is 23.3 Å². The van der Waals surface area contributed by atoms with Crippen LogP contribution in [0, 0.1) is 11.3 Å². The summed E-state index contributed by atoms with van der Waals surface area (Å²) >= 11 is 3.38. The summed E-state index contributed by atoms with van der Waals surface area (Å²) in [7, 11) is 1.53. The molecule has 0 unspecified atom stereocenters. The highest BCUT2D eigenvalue weighted by Crippen LogP contribution is 2.36. The molecule has 19 heavy (non-hydrogen) atoms. The van der Waals surface area contributed by atoms with Gasteiger partial charge in [0.05, 0.1) is 23.2 Å². The van der Waals surface area contributed by atoms with Crippen LogP contribution in [-0.2, 0) is 0 Å². The Hall–Kier alpha value is -2.19. The minimum Gasteiger partial charge on any atom is -0.493 e. The monoisotopic (exact) mass is 318 g/mol. The van der Waals surface area contributed by atoms with Crippen LogP contribution in [0.4, 0.5) is 5.69 Å². The number of hydrogen-bond donors (Lipinski definition) is 1. The van der Waals surface area contributed by atoms with Crippen molar-refractivity contribution < 1.29 is 9.47 Å². The molecule has 2 N–H and O–H groups in total. The van der Waals surface area contributed by atoms with Crippen LogP contribution in [0.5, 0.6) is 17.2 Å². The third-order valence-electron chi connectivity index (χ3n) is 2.47. The molecule has 96 valence electrons. The Kier molecular flexibility index (Phi) is 3.93. The zero-order valence-corrected chi connectivity index (χ0v) is 11.8. The van der Waals surface area contributed by atoms with E-state index in [-0.39, 0.29) is 0 Å². The smallest absolute Gasteiger partial charge is 0.169 e. The number of halogens is 1. The maximum atomic E-state index is 8.85. The largest absolute Gasteiger partial charge is 0.493 e. The Bertz CT molecular complexity index is 650. The molecule has 0 bridgehead atoms. The minimum atomic E-state index is 0.503. The normalized spacial score (nSPS) is 9.74. The molecule has 0 saturated carbocycles. The number of nitriles is 1. The standard InChI is InChI=1S/C14H11BrN2O2/c1-18-14-6-9(8-16)2-4-13(14)19-12-5-3-10(17)7-11(12)15/h2-7H,17H2,1H3. The van der Waals surface area contributed by atoms with Crippen LogP contribution in [-0.4, -0.2) is 7.11 Å². The molecular formula is C14H11BrN2O2. The van der Waals surface area contributed by atoms with E-state index in [4.69, 9.17) is 20.5 Å². The SMILES string of the molecule is COc1cc(C#N)ccc1Oc1ccc(N)cc1Br. The predicted molar refractivity (Wildman–Crippen MR) is 76.3 cm³/mol. The van der Waals surface area contributed by atoms with Gasteiger partial charge in [0.2, 0.25) is 0 Å². The molecule has 2 aromatic carbocycles. The Morgan fingerprint density at radius 3 is 2.47 bits per heavy atom. The minimum absolute atomic E-state index is 0.503. The zero-order chi connectivity index (χ0) is 13.8. The van der Waals surface area contributed by atoms with Crippen molar-refractivity contribution in [2.45, 2.75) is 0 Å². The first-order chi connectivity index (χ1) is 9.13. The molecule has 0 aliphatic carbocycles. The maximum Gasteiger partial charge on any atom is 0.169 e. The number of rotatable bonds is 3. The van der Waals surface area contributed by atoms with Crippen molar-refractivity contribution in [2.24, 2.45) is 0 Å². The number of benzene rings is 2. The van der Waals surface area contributed by atoms with Crippen molar-refractivity contribution in [1.82, 2.24) is 0 Å². The highest BCUT2D eigenvalue weighted by atomic mass is 79.9. The van der Waals surface area contributed by atoms with E-state index >= 15 is 0 Å². The van der Waals surface area contributed by atoms with Crippen LogP contribution in [0.25, 0.3) is 0 Å². The van der Waals surface area contributed by atoms with Crippen LogP contribution in [0.3, 0.4) is 0 Å². The Morgan fingerprint density at radius 1 is 1.11 bits per heavy atom. The Balaban J connectivity index is 2.35. The summed E-state index contributed by atoms with van der Waals surface area (Å²) in [6, 6.07) is 12.3. The van der Waals surface area contributed by atoms with Gasteiger partial charge in [-0.3, -0.25) is 0 Å². The summed E-state index contributed by atoms with van der Waals surface area (Å²) < 4.78 is 11.7. The van der Waals surface area contributed by atoms with Crippen molar-refractivity contribution in [2.75, 3.05) is 12.8 Å². The van der Waals surface area contributed by atoms with Crippen LogP contribution in [0.2, 0.25) is 0 Å². The van der Waals surface area contributed by atoms with E-state index in [2.05, 4.69) is 22.0 Å². The molecule has 0 aliphatic rings. The Labute approximate surface area is 119 Å². The van der Waals surface area contributed by atoms with Crippen LogP contribution in [0.15, 0.2) is 40.9 Å². The quantitative estimate of drug-likeness (QED) is 0.876. The fourth-order valence-electron chi connectivity index (χ4n) is 1.54. The van der Waals surface area contributed by atoms with Gasteiger partial charge in [-0.1, -0.05) is 0 Å². The van der Waals surface area contributed by atoms with E-state index in [1.807, 2.05) is 0 Å². The fraction of sp³-hybridized carbons (Fsp3) is 0.0714. The van der Waals surface area contributed by atoms with E-state index in [1.54, 1.807) is 36.4 Å². The highest BCUT2D eigenvalue weighted by Gasteiger charge is 2.09. The number of nitrogen functional groups attached to an aromatic ring is 1. The van der Waals surface area contributed by atoms with E-state index in [0.29, 0.717) is 28.5 Å². The summed E-state index contributed by atoms with van der Waals surface area (Å²) in [5.74, 6) is 1.66. The molecule has 0 radical (unpaired) electrons. The topological polar surface area (TPSA) is 68.3 Å². The first-order valence-corrected chi connectivity index (χ1v) is 6.24. The second kappa shape index (κ2) is 5.63. The van der Waals surface area contributed by atoms with Gasteiger partial charge in [-0.15, -0.1) is 0 Å². The lowest BCUT2D eigenvalue weighted by Crippen LogP contribution is -1.92. The average molecular weight is 319 g/mol. The molecule has 0 heterocycles. The first-order valence-electron chi connectivity index (χ1n) is 5.45. The van der Waals surface area contributed by atoms with Gasteiger partial charge in [-0.2, -0.15) is 5.26 Å². The van der Waals surface area contributed by atoms with Gasteiger partial charge in [-0.05, 0) is 46.3 Å². The maximum absolute atomic E-state index is 8.85. The third kappa shape index (κ3) is 2.98. The van der Waals surface area contributed by atoms with Gasteiger partial charge < -0.3 is 15.2 Å². The van der Waals surface area contributed by atoms with Gasteiger partial charge in [0.25, 0.3) is 0 Å². The summed E-state index contributed by atoms with van der Waals surface area (Å²) in [4.78, 5) is 0. The molecule has 0 fully saturated rings. The number of methoxy groups -OCH3 is 1. The number of nitrogens with zero attached hydrogens (tertiary/aromatic N) is 1. The third-order valence-corrected chi connectivity index (χ3v) is 3.09. The first kappa shape index (κ1) is 13.2. The van der Waals surface area contributed by atoms with Gasteiger partial charge in [0.15, 0.2) is 11.5 Å². The number of ether oxygens (including phenoxy) is 2. The molecule has 0 saturated heterocycles. The molecule has 0 aliphatic heterocycles. The average Bonchev–Trinajstić information content (AvgIpc) is 2.42. The molecule has 4 nitrogen and oxygen atoms in total. The lowest BCUT2D eigenvalue weighted by atomic mass is 10.2. The number of hydrogen-bond acceptors (Lipinski definition) is 4. The van der Waals surface area contributed by atoms with Crippen LogP contribution >= 0.6 is 15.9 Å². The molecule has 0 spiro atoms. The molecule has 0 aromatic heterocycles. The second-order valence-corrected chi connectivity index (χ2v) is 4.62. The van der Waals surface area contributed by atoms with Crippen molar-refractivity contribution in [1.29, 1.82) is 5.26 Å². The number of anilines is 1. The molecule has 2 rings (SSSR count). The van der Waals surface area contributed by atoms with E-state index in [0.717, 1.165) is 4.47 Å². The van der Waals surface area contributed by atoms with Gasteiger partial charge in [0.1, 0.15) is 5.75 Å². The molecule has 0 amide bonds.